The number of rotatable bonds is 6. The molecule has 0 saturated heterocycles. The van der Waals surface area contributed by atoms with Gasteiger partial charge in [-0.2, -0.15) is 0 Å². The molecule has 0 bridgehead atoms. The van der Waals surface area contributed by atoms with Crippen molar-refractivity contribution in [3.63, 3.8) is 0 Å². The predicted octanol–water partition coefficient (Wildman–Crippen LogP) is 2.40. The van der Waals surface area contributed by atoms with Crippen molar-refractivity contribution in [3.05, 3.63) is 24.3 Å². The Morgan fingerprint density at radius 3 is 2.63 bits per heavy atom. The number of nitrogens with one attached hydrogen (secondary N) is 2. The maximum Gasteiger partial charge on any atom is 0.262 e. The van der Waals surface area contributed by atoms with Crippen LogP contribution < -0.4 is 15.8 Å². The summed E-state index contributed by atoms with van der Waals surface area (Å²) >= 11 is 0. The summed E-state index contributed by atoms with van der Waals surface area (Å²) in [6.45, 7) is 1.15. The molecule has 0 unspecified atom stereocenters. The Balaban J connectivity index is 1.67. The van der Waals surface area contributed by atoms with E-state index in [2.05, 4.69) is 15.0 Å². The van der Waals surface area contributed by atoms with Gasteiger partial charge in [0.25, 0.3) is 10.0 Å². The van der Waals surface area contributed by atoms with Crippen LogP contribution in [0, 0.1) is 5.41 Å². The zero-order chi connectivity index (χ0) is 19.3. The van der Waals surface area contributed by atoms with Crippen LogP contribution in [0.1, 0.15) is 51.4 Å². The SMILES string of the molecule is NCC1(CC(=O)Nc2cccc(S(=O)(=O)NC3=NCCC3)c2)CCCCC1. The zero-order valence-electron chi connectivity index (χ0n) is 15.5. The van der Waals surface area contributed by atoms with Crippen molar-refractivity contribution in [3.8, 4) is 0 Å². The van der Waals surface area contributed by atoms with Gasteiger partial charge in [-0.25, -0.2) is 8.42 Å². The van der Waals surface area contributed by atoms with Crippen LogP contribution in [-0.2, 0) is 14.8 Å². The molecule has 1 aromatic rings. The van der Waals surface area contributed by atoms with E-state index in [1.807, 2.05) is 0 Å². The van der Waals surface area contributed by atoms with Gasteiger partial charge in [-0.05, 0) is 49.4 Å². The van der Waals surface area contributed by atoms with Crippen LogP contribution in [0.25, 0.3) is 0 Å². The van der Waals surface area contributed by atoms with Crippen LogP contribution in [0.4, 0.5) is 5.69 Å². The van der Waals surface area contributed by atoms with E-state index in [4.69, 9.17) is 5.73 Å². The maximum absolute atomic E-state index is 12.5. The Kier molecular flexibility index (Phi) is 6.16. The van der Waals surface area contributed by atoms with Crippen LogP contribution >= 0.6 is 0 Å². The number of aliphatic imine (C=N–C) groups is 1. The average molecular weight is 393 g/mol. The molecule has 4 N–H and O–H groups in total. The fourth-order valence-electron chi connectivity index (χ4n) is 3.88. The van der Waals surface area contributed by atoms with Gasteiger partial charge in [-0.15, -0.1) is 0 Å². The lowest BCUT2D eigenvalue weighted by Gasteiger charge is -2.35. The van der Waals surface area contributed by atoms with E-state index in [9.17, 15) is 13.2 Å². The molecule has 0 spiro atoms. The number of hydrogen-bond donors (Lipinski definition) is 3. The standard InChI is InChI=1S/C19H28N4O3S/c20-14-19(9-2-1-3-10-19)13-18(24)22-15-6-4-7-16(12-15)27(25,26)23-17-8-5-11-21-17/h4,6-7,12H,1-3,5,8-11,13-14,20H2,(H,21,23)(H,22,24). The molecule has 3 rings (SSSR count). The molecular weight excluding hydrogens is 364 g/mol. The summed E-state index contributed by atoms with van der Waals surface area (Å²) in [5.41, 5.74) is 6.30. The molecule has 1 amide bonds. The van der Waals surface area contributed by atoms with Crippen LogP contribution in [0.2, 0.25) is 0 Å². The van der Waals surface area contributed by atoms with Gasteiger partial charge in [-0.1, -0.05) is 25.3 Å². The largest absolute Gasteiger partial charge is 0.330 e. The molecule has 1 aromatic carbocycles. The molecule has 0 aromatic heterocycles. The smallest absolute Gasteiger partial charge is 0.262 e. The van der Waals surface area contributed by atoms with E-state index in [0.29, 0.717) is 37.5 Å². The number of hydrogen-bond acceptors (Lipinski definition) is 5. The summed E-state index contributed by atoms with van der Waals surface area (Å²) in [5, 5.41) is 2.84. The highest BCUT2D eigenvalue weighted by Gasteiger charge is 2.33. The second-order valence-electron chi connectivity index (χ2n) is 7.56. The molecule has 148 valence electrons. The molecular formula is C19H28N4O3S. The molecule has 0 radical (unpaired) electrons. The summed E-state index contributed by atoms with van der Waals surface area (Å²) in [6, 6.07) is 6.31. The van der Waals surface area contributed by atoms with Gasteiger partial charge >= 0.3 is 0 Å². The number of amidine groups is 1. The molecule has 2 aliphatic rings. The predicted molar refractivity (Wildman–Crippen MR) is 106 cm³/mol. The summed E-state index contributed by atoms with van der Waals surface area (Å²) in [4.78, 5) is 16.8. The molecule has 1 fully saturated rings. The lowest BCUT2D eigenvalue weighted by atomic mass is 9.71. The first-order valence-electron chi connectivity index (χ1n) is 9.59. The number of nitrogens with zero attached hydrogens (tertiary/aromatic N) is 1. The van der Waals surface area contributed by atoms with Crippen molar-refractivity contribution in [1.82, 2.24) is 4.72 Å². The molecule has 1 heterocycles. The fraction of sp³-hybridized carbons (Fsp3) is 0.579. The van der Waals surface area contributed by atoms with E-state index in [1.165, 1.54) is 18.6 Å². The number of carbonyl (C=O) groups is 1. The third-order valence-corrected chi connectivity index (χ3v) is 6.82. The van der Waals surface area contributed by atoms with Crippen LogP contribution in [0.15, 0.2) is 34.2 Å². The van der Waals surface area contributed by atoms with E-state index in [0.717, 1.165) is 32.1 Å². The minimum atomic E-state index is -3.70. The topological polar surface area (TPSA) is 114 Å². The highest BCUT2D eigenvalue weighted by Crippen LogP contribution is 2.38. The Hall–Kier alpha value is -1.93. The Morgan fingerprint density at radius 2 is 1.96 bits per heavy atom. The normalized spacial score (nSPS) is 19.4. The number of amides is 1. The quantitative estimate of drug-likeness (QED) is 0.690. The second-order valence-corrected chi connectivity index (χ2v) is 9.24. The average Bonchev–Trinajstić information content (AvgIpc) is 3.15. The first-order valence-corrected chi connectivity index (χ1v) is 11.1. The molecule has 7 nitrogen and oxygen atoms in total. The molecule has 0 atom stereocenters. The van der Waals surface area contributed by atoms with Crippen molar-refractivity contribution >= 4 is 27.5 Å². The van der Waals surface area contributed by atoms with Crippen LogP contribution in [-0.4, -0.2) is 33.3 Å². The van der Waals surface area contributed by atoms with Gasteiger partial charge in [0.1, 0.15) is 5.84 Å². The summed E-state index contributed by atoms with van der Waals surface area (Å²) < 4.78 is 27.6. The van der Waals surface area contributed by atoms with Crippen molar-refractivity contribution in [2.24, 2.45) is 16.1 Å². The Labute approximate surface area is 160 Å². The number of anilines is 1. The van der Waals surface area contributed by atoms with Crippen molar-refractivity contribution in [2.45, 2.75) is 56.3 Å². The first-order chi connectivity index (χ1) is 12.9. The van der Waals surface area contributed by atoms with Gasteiger partial charge in [0.15, 0.2) is 0 Å². The molecule has 27 heavy (non-hydrogen) atoms. The fourth-order valence-corrected chi connectivity index (χ4v) is 5.01. The zero-order valence-corrected chi connectivity index (χ0v) is 16.4. The van der Waals surface area contributed by atoms with Gasteiger partial charge in [0, 0.05) is 25.1 Å². The lowest BCUT2D eigenvalue weighted by molar-refractivity contribution is -0.118. The van der Waals surface area contributed by atoms with Crippen LogP contribution in [0.5, 0.6) is 0 Å². The highest BCUT2D eigenvalue weighted by molar-refractivity contribution is 7.90. The Bertz CT molecular complexity index is 814. The van der Waals surface area contributed by atoms with E-state index in [-0.39, 0.29) is 16.2 Å². The van der Waals surface area contributed by atoms with Crippen molar-refractivity contribution < 1.29 is 13.2 Å². The van der Waals surface area contributed by atoms with E-state index in [1.54, 1.807) is 12.1 Å². The van der Waals surface area contributed by atoms with Crippen molar-refractivity contribution in [2.75, 3.05) is 18.4 Å². The molecule has 1 aliphatic heterocycles. The minimum Gasteiger partial charge on any atom is -0.330 e. The number of carbonyl (C=O) groups excluding carboxylic acids is 1. The maximum atomic E-state index is 12.5. The van der Waals surface area contributed by atoms with Crippen LogP contribution in [0.3, 0.4) is 0 Å². The minimum absolute atomic E-state index is 0.112. The second kappa shape index (κ2) is 8.39. The Morgan fingerprint density at radius 1 is 1.19 bits per heavy atom. The van der Waals surface area contributed by atoms with Gasteiger partial charge in [-0.3, -0.25) is 14.5 Å². The number of sulfonamides is 1. The third kappa shape index (κ3) is 5.07. The number of benzene rings is 1. The molecule has 1 aliphatic carbocycles. The monoisotopic (exact) mass is 392 g/mol. The van der Waals surface area contributed by atoms with Gasteiger partial charge in [0.2, 0.25) is 5.91 Å². The van der Waals surface area contributed by atoms with E-state index >= 15 is 0 Å². The van der Waals surface area contributed by atoms with E-state index < -0.39 is 10.0 Å². The lowest BCUT2D eigenvalue weighted by Crippen LogP contribution is -2.36. The summed E-state index contributed by atoms with van der Waals surface area (Å²) in [5.74, 6) is 0.372. The van der Waals surface area contributed by atoms with Gasteiger partial charge < -0.3 is 11.1 Å². The third-order valence-electron chi connectivity index (χ3n) is 5.44. The molecule has 1 saturated carbocycles. The number of nitrogens with two attached hydrogens (primary N) is 1. The highest BCUT2D eigenvalue weighted by atomic mass is 32.2. The van der Waals surface area contributed by atoms with Gasteiger partial charge in [0.05, 0.1) is 4.90 Å². The summed E-state index contributed by atoms with van der Waals surface area (Å²) in [6.07, 6.45) is 7.21. The molecule has 8 heteroatoms. The van der Waals surface area contributed by atoms with Crippen molar-refractivity contribution in [1.29, 1.82) is 0 Å². The summed E-state index contributed by atoms with van der Waals surface area (Å²) in [7, 11) is -3.70. The first kappa shape index (κ1) is 19.8.